The van der Waals surface area contributed by atoms with Gasteiger partial charge in [-0.15, -0.1) is 0 Å². The second-order valence-corrected chi connectivity index (χ2v) is 5.04. The van der Waals surface area contributed by atoms with Gasteiger partial charge in [0.25, 0.3) is 5.92 Å². The van der Waals surface area contributed by atoms with Crippen LogP contribution in [-0.2, 0) is 4.74 Å². The largest absolute Gasteiger partial charge is 0.381 e. The molecule has 0 amide bonds. The van der Waals surface area contributed by atoms with Gasteiger partial charge in [-0.1, -0.05) is 6.92 Å². The van der Waals surface area contributed by atoms with Crippen LogP contribution in [0.1, 0.15) is 32.6 Å². The van der Waals surface area contributed by atoms with E-state index in [-0.39, 0.29) is 18.3 Å². The molecule has 1 aliphatic heterocycles. The predicted octanol–water partition coefficient (Wildman–Crippen LogP) is 1.93. The average molecular weight is 205 g/mol. The van der Waals surface area contributed by atoms with Crippen molar-refractivity contribution in [3.63, 3.8) is 0 Å². The fourth-order valence-corrected chi connectivity index (χ4v) is 2.62. The Hall–Kier alpha value is -0.220. The van der Waals surface area contributed by atoms with E-state index in [4.69, 9.17) is 10.5 Å². The first-order valence-corrected chi connectivity index (χ1v) is 5.12. The Morgan fingerprint density at radius 1 is 1.14 bits per heavy atom. The highest BCUT2D eigenvalue weighted by molar-refractivity contribution is 5.12. The van der Waals surface area contributed by atoms with Crippen molar-refractivity contribution in [2.75, 3.05) is 13.2 Å². The van der Waals surface area contributed by atoms with Crippen LogP contribution < -0.4 is 5.73 Å². The van der Waals surface area contributed by atoms with Crippen LogP contribution in [0.5, 0.6) is 0 Å². The molecule has 0 unspecified atom stereocenters. The van der Waals surface area contributed by atoms with Crippen molar-refractivity contribution in [2.24, 2.45) is 11.1 Å². The van der Waals surface area contributed by atoms with Crippen LogP contribution in [0.25, 0.3) is 0 Å². The lowest BCUT2D eigenvalue weighted by atomic mass is 9.56. The van der Waals surface area contributed by atoms with E-state index in [1.54, 1.807) is 0 Å². The quantitative estimate of drug-likeness (QED) is 0.710. The maximum Gasteiger partial charge on any atom is 0.251 e. The third kappa shape index (κ3) is 1.44. The second-order valence-electron chi connectivity index (χ2n) is 5.04. The zero-order chi connectivity index (χ0) is 10.4. The molecule has 1 aliphatic carbocycles. The second kappa shape index (κ2) is 2.89. The van der Waals surface area contributed by atoms with Gasteiger partial charge in [0.15, 0.2) is 0 Å². The van der Waals surface area contributed by atoms with Crippen molar-refractivity contribution < 1.29 is 13.5 Å². The molecule has 0 aromatic heterocycles. The van der Waals surface area contributed by atoms with Gasteiger partial charge < -0.3 is 10.5 Å². The molecule has 2 N–H and O–H groups in total. The number of halogens is 2. The Bertz CT molecular complexity index is 228. The highest BCUT2D eigenvalue weighted by atomic mass is 19.3. The Morgan fingerprint density at radius 3 is 2.07 bits per heavy atom. The summed E-state index contributed by atoms with van der Waals surface area (Å²) in [4.78, 5) is 0. The first kappa shape index (κ1) is 10.3. The van der Waals surface area contributed by atoms with Gasteiger partial charge >= 0.3 is 0 Å². The number of alkyl halides is 2. The molecule has 1 saturated heterocycles. The SMILES string of the molecule is CC1(C2(N)CC(F)(F)C2)CCOCC1. The Balaban J connectivity index is 2.07. The van der Waals surface area contributed by atoms with Gasteiger partial charge in [-0.3, -0.25) is 0 Å². The standard InChI is InChI=1S/C10H17F2NO/c1-8(2-4-14-5-3-8)9(13)6-10(11,12)7-9/h2-7,13H2,1H3. The lowest BCUT2D eigenvalue weighted by Crippen LogP contribution is -2.67. The summed E-state index contributed by atoms with van der Waals surface area (Å²) in [5, 5.41) is 0. The van der Waals surface area contributed by atoms with E-state index in [0.29, 0.717) is 13.2 Å². The summed E-state index contributed by atoms with van der Waals surface area (Å²) in [5.74, 6) is -2.53. The Labute approximate surface area is 82.8 Å². The fraction of sp³-hybridized carbons (Fsp3) is 1.00. The number of nitrogens with two attached hydrogens (primary N) is 1. The molecule has 2 fully saturated rings. The van der Waals surface area contributed by atoms with Crippen molar-refractivity contribution in [1.82, 2.24) is 0 Å². The van der Waals surface area contributed by atoms with Gasteiger partial charge in [0.05, 0.1) is 0 Å². The molecule has 14 heavy (non-hydrogen) atoms. The van der Waals surface area contributed by atoms with Crippen LogP contribution >= 0.6 is 0 Å². The summed E-state index contributed by atoms with van der Waals surface area (Å²) in [6.45, 7) is 3.33. The monoisotopic (exact) mass is 205 g/mol. The van der Waals surface area contributed by atoms with E-state index in [9.17, 15) is 8.78 Å². The van der Waals surface area contributed by atoms with Crippen LogP contribution in [0, 0.1) is 5.41 Å². The van der Waals surface area contributed by atoms with Gasteiger partial charge in [0.2, 0.25) is 0 Å². The highest BCUT2D eigenvalue weighted by Crippen LogP contribution is 2.55. The molecular formula is C10H17F2NO. The molecule has 82 valence electrons. The van der Waals surface area contributed by atoms with Crippen LogP contribution in [0.2, 0.25) is 0 Å². The minimum atomic E-state index is -2.53. The van der Waals surface area contributed by atoms with Crippen molar-refractivity contribution in [2.45, 2.75) is 44.1 Å². The maximum absolute atomic E-state index is 12.8. The maximum atomic E-state index is 12.8. The van der Waals surface area contributed by atoms with Gasteiger partial charge in [-0.2, -0.15) is 0 Å². The summed E-state index contributed by atoms with van der Waals surface area (Å²) >= 11 is 0. The summed E-state index contributed by atoms with van der Waals surface area (Å²) in [6, 6.07) is 0. The molecule has 4 heteroatoms. The molecule has 2 aliphatic rings. The van der Waals surface area contributed by atoms with E-state index in [1.807, 2.05) is 6.92 Å². The smallest absolute Gasteiger partial charge is 0.251 e. The van der Waals surface area contributed by atoms with Gasteiger partial charge in [-0.05, 0) is 18.3 Å². The average Bonchev–Trinajstić information content (AvgIpc) is 2.01. The summed E-state index contributed by atoms with van der Waals surface area (Å²) < 4.78 is 30.9. The van der Waals surface area contributed by atoms with Crippen molar-refractivity contribution in [3.8, 4) is 0 Å². The van der Waals surface area contributed by atoms with Crippen molar-refractivity contribution >= 4 is 0 Å². The molecule has 0 spiro atoms. The van der Waals surface area contributed by atoms with E-state index < -0.39 is 11.5 Å². The molecule has 0 atom stereocenters. The van der Waals surface area contributed by atoms with Gasteiger partial charge in [-0.25, -0.2) is 8.78 Å². The van der Waals surface area contributed by atoms with Crippen LogP contribution in [0.4, 0.5) is 8.78 Å². The summed E-state index contributed by atoms with van der Waals surface area (Å²) in [5.41, 5.74) is 5.23. The molecule has 1 heterocycles. The number of hydrogen-bond donors (Lipinski definition) is 1. The molecule has 0 aromatic carbocycles. The van der Waals surface area contributed by atoms with Crippen LogP contribution in [-0.4, -0.2) is 24.7 Å². The fourth-order valence-electron chi connectivity index (χ4n) is 2.62. The Kier molecular flexibility index (Phi) is 2.13. The lowest BCUT2D eigenvalue weighted by Gasteiger charge is -2.56. The minimum absolute atomic E-state index is 0.156. The topological polar surface area (TPSA) is 35.2 Å². The van der Waals surface area contributed by atoms with E-state index in [0.717, 1.165) is 12.8 Å². The van der Waals surface area contributed by atoms with E-state index in [1.165, 1.54) is 0 Å². The lowest BCUT2D eigenvalue weighted by molar-refractivity contribution is -0.175. The third-order valence-corrected chi connectivity index (χ3v) is 3.95. The molecule has 0 radical (unpaired) electrons. The van der Waals surface area contributed by atoms with Crippen LogP contribution in [0.3, 0.4) is 0 Å². The van der Waals surface area contributed by atoms with Crippen molar-refractivity contribution in [3.05, 3.63) is 0 Å². The zero-order valence-corrected chi connectivity index (χ0v) is 8.48. The third-order valence-electron chi connectivity index (χ3n) is 3.95. The molecule has 2 rings (SSSR count). The van der Waals surface area contributed by atoms with Crippen LogP contribution in [0.15, 0.2) is 0 Å². The number of hydrogen-bond acceptors (Lipinski definition) is 2. The summed E-state index contributed by atoms with van der Waals surface area (Å²) in [7, 11) is 0. The first-order valence-electron chi connectivity index (χ1n) is 5.12. The molecule has 0 aromatic rings. The molecule has 0 bridgehead atoms. The number of rotatable bonds is 1. The Morgan fingerprint density at radius 2 is 1.64 bits per heavy atom. The first-order chi connectivity index (χ1) is 6.37. The predicted molar refractivity (Wildman–Crippen MR) is 49.3 cm³/mol. The minimum Gasteiger partial charge on any atom is -0.381 e. The normalized spacial score (nSPS) is 33.4. The van der Waals surface area contributed by atoms with E-state index in [2.05, 4.69) is 0 Å². The highest BCUT2D eigenvalue weighted by Gasteiger charge is 2.62. The zero-order valence-electron chi connectivity index (χ0n) is 8.48. The number of ether oxygens (including phenoxy) is 1. The van der Waals surface area contributed by atoms with Crippen molar-refractivity contribution in [1.29, 1.82) is 0 Å². The molecular weight excluding hydrogens is 188 g/mol. The van der Waals surface area contributed by atoms with Gasteiger partial charge in [0, 0.05) is 31.6 Å². The van der Waals surface area contributed by atoms with E-state index >= 15 is 0 Å². The molecule has 1 saturated carbocycles. The summed E-state index contributed by atoms with van der Waals surface area (Å²) in [6.07, 6.45) is 1.30. The van der Waals surface area contributed by atoms with Gasteiger partial charge in [0.1, 0.15) is 0 Å². The molecule has 2 nitrogen and oxygen atoms in total.